The summed E-state index contributed by atoms with van der Waals surface area (Å²) in [4.78, 5) is 11.9. The first-order valence-electron chi connectivity index (χ1n) is 6.73. The van der Waals surface area contributed by atoms with E-state index in [4.69, 9.17) is 4.74 Å². The summed E-state index contributed by atoms with van der Waals surface area (Å²) in [6, 6.07) is 12.0. The Balaban J connectivity index is 1.96. The van der Waals surface area contributed by atoms with Gasteiger partial charge in [-0.25, -0.2) is 4.39 Å². The van der Waals surface area contributed by atoms with E-state index >= 15 is 0 Å². The second-order valence-corrected chi connectivity index (χ2v) is 4.90. The zero-order chi connectivity index (χ0) is 15.2. The molecule has 0 bridgehead atoms. The highest BCUT2D eigenvalue weighted by molar-refractivity contribution is 5.78. The number of halogens is 1. The molecular weight excluding hydrogens is 269 g/mol. The predicted octanol–water partition coefficient (Wildman–Crippen LogP) is 3.00. The summed E-state index contributed by atoms with van der Waals surface area (Å²) < 4.78 is 18.4. The average molecular weight is 287 g/mol. The normalized spacial score (nSPS) is 10.2. The third-order valence-electron chi connectivity index (χ3n) is 3.17. The van der Waals surface area contributed by atoms with Crippen molar-refractivity contribution in [3.05, 3.63) is 65.0 Å². The summed E-state index contributed by atoms with van der Waals surface area (Å²) >= 11 is 0. The minimum absolute atomic E-state index is 0.105. The van der Waals surface area contributed by atoms with E-state index in [0.717, 1.165) is 11.1 Å². The Hall–Kier alpha value is -2.36. The number of methoxy groups -OCH3 is 1. The van der Waals surface area contributed by atoms with Gasteiger partial charge in [-0.1, -0.05) is 29.8 Å². The Bertz CT molecular complexity index is 640. The lowest BCUT2D eigenvalue weighted by Crippen LogP contribution is -2.24. The van der Waals surface area contributed by atoms with Crippen molar-refractivity contribution >= 4 is 5.91 Å². The first-order valence-corrected chi connectivity index (χ1v) is 6.73. The Morgan fingerprint density at radius 3 is 2.76 bits per heavy atom. The van der Waals surface area contributed by atoms with Crippen LogP contribution in [0.2, 0.25) is 0 Å². The Morgan fingerprint density at radius 1 is 1.24 bits per heavy atom. The molecule has 2 aromatic carbocycles. The van der Waals surface area contributed by atoms with Crippen molar-refractivity contribution < 1.29 is 13.9 Å². The Morgan fingerprint density at radius 2 is 2.05 bits per heavy atom. The molecule has 0 saturated carbocycles. The number of nitrogens with one attached hydrogen (secondary N) is 1. The van der Waals surface area contributed by atoms with Gasteiger partial charge in [-0.3, -0.25) is 4.79 Å². The van der Waals surface area contributed by atoms with Gasteiger partial charge in [0, 0.05) is 12.1 Å². The smallest absolute Gasteiger partial charge is 0.224 e. The minimum atomic E-state index is -0.348. The third-order valence-corrected chi connectivity index (χ3v) is 3.17. The van der Waals surface area contributed by atoms with Gasteiger partial charge in [0.2, 0.25) is 5.91 Å². The summed E-state index contributed by atoms with van der Waals surface area (Å²) in [6.07, 6.45) is 0.305. The maximum atomic E-state index is 13.2. The van der Waals surface area contributed by atoms with Crippen LogP contribution in [0, 0.1) is 12.7 Å². The molecule has 110 valence electrons. The molecule has 0 aliphatic rings. The zero-order valence-electron chi connectivity index (χ0n) is 12.2. The maximum Gasteiger partial charge on any atom is 0.224 e. The van der Waals surface area contributed by atoms with Crippen LogP contribution in [0.25, 0.3) is 0 Å². The van der Waals surface area contributed by atoms with Crippen molar-refractivity contribution in [1.82, 2.24) is 5.32 Å². The molecule has 1 N–H and O–H groups in total. The fourth-order valence-electron chi connectivity index (χ4n) is 2.15. The van der Waals surface area contributed by atoms with E-state index in [1.807, 2.05) is 31.2 Å². The second-order valence-electron chi connectivity index (χ2n) is 4.90. The van der Waals surface area contributed by atoms with Crippen LogP contribution >= 0.6 is 0 Å². The molecule has 0 heterocycles. The SMILES string of the molecule is COc1ccc(F)cc1CNC(=O)Cc1cccc(C)c1. The number of carbonyl (C=O) groups is 1. The quantitative estimate of drug-likeness (QED) is 0.918. The van der Waals surface area contributed by atoms with Crippen LogP contribution in [0.15, 0.2) is 42.5 Å². The summed E-state index contributed by atoms with van der Waals surface area (Å²) in [6.45, 7) is 2.23. The lowest BCUT2D eigenvalue weighted by molar-refractivity contribution is -0.120. The standard InChI is InChI=1S/C17H18FNO2/c1-12-4-3-5-13(8-12)9-17(20)19-11-14-10-15(18)6-7-16(14)21-2/h3-8,10H,9,11H2,1-2H3,(H,19,20). The van der Waals surface area contributed by atoms with E-state index in [0.29, 0.717) is 17.7 Å². The first kappa shape index (κ1) is 15.0. The highest BCUT2D eigenvalue weighted by atomic mass is 19.1. The van der Waals surface area contributed by atoms with Crippen molar-refractivity contribution in [2.45, 2.75) is 19.9 Å². The van der Waals surface area contributed by atoms with Gasteiger partial charge in [-0.15, -0.1) is 0 Å². The lowest BCUT2D eigenvalue weighted by Gasteiger charge is -2.10. The number of ether oxygens (including phenoxy) is 1. The molecule has 0 aromatic heterocycles. The molecule has 0 aliphatic carbocycles. The molecular formula is C17H18FNO2. The van der Waals surface area contributed by atoms with Crippen LogP contribution in [0.1, 0.15) is 16.7 Å². The molecule has 2 aromatic rings. The summed E-state index contributed by atoms with van der Waals surface area (Å²) in [5, 5.41) is 2.78. The van der Waals surface area contributed by atoms with Crippen LogP contribution in [0.5, 0.6) is 5.75 Å². The highest BCUT2D eigenvalue weighted by Gasteiger charge is 2.08. The van der Waals surface area contributed by atoms with Crippen LogP contribution in [-0.4, -0.2) is 13.0 Å². The van der Waals surface area contributed by atoms with E-state index in [1.54, 1.807) is 6.07 Å². The van der Waals surface area contributed by atoms with Crippen molar-refractivity contribution in [3.8, 4) is 5.75 Å². The summed E-state index contributed by atoms with van der Waals surface area (Å²) in [5.41, 5.74) is 2.70. The number of hydrogen-bond donors (Lipinski definition) is 1. The van der Waals surface area contributed by atoms with Crippen molar-refractivity contribution in [3.63, 3.8) is 0 Å². The fraction of sp³-hybridized carbons (Fsp3) is 0.235. The van der Waals surface area contributed by atoms with Crippen molar-refractivity contribution in [1.29, 1.82) is 0 Å². The van der Waals surface area contributed by atoms with Crippen LogP contribution in [0.4, 0.5) is 4.39 Å². The van der Waals surface area contributed by atoms with Gasteiger partial charge in [-0.2, -0.15) is 0 Å². The summed E-state index contributed by atoms with van der Waals surface area (Å²) in [5.74, 6) is 0.109. The fourth-order valence-corrected chi connectivity index (χ4v) is 2.15. The predicted molar refractivity (Wildman–Crippen MR) is 79.7 cm³/mol. The number of benzene rings is 2. The molecule has 0 spiro atoms. The second kappa shape index (κ2) is 6.88. The zero-order valence-corrected chi connectivity index (χ0v) is 12.2. The number of hydrogen-bond acceptors (Lipinski definition) is 2. The van der Waals surface area contributed by atoms with Gasteiger partial charge < -0.3 is 10.1 Å². The molecule has 21 heavy (non-hydrogen) atoms. The number of aryl methyl sites for hydroxylation is 1. The lowest BCUT2D eigenvalue weighted by atomic mass is 10.1. The Kier molecular flexibility index (Phi) is 4.93. The van der Waals surface area contributed by atoms with E-state index in [-0.39, 0.29) is 18.3 Å². The molecule has 0 saturated heterocycles. The van der Waals surface area contributed by atoms with Gasteiger partial charge in [0.15, 0.2) is 0 Å². The van der Waals surface area contributed by atoms with E-state index in [9.17, 15) is 9.18 Å². The molecule has 3 nitrogen and oxygen atoms in total. The van der Waals surface area contributed by atoms with Crippen LogP contribution < -0.4 is 10.1 Å². The van der Waals surface area contributed by atoms with E-state index < -0.39 is 0 Å². The number of amides is 1. The number of rotatable bonds is 5. The van der Waals surface area contributed by atoms with Crippen LogP contribution in [-0.2, 0) is 17.8 Å². The van der Waals surface area contributed by atoms with Crippen LogP contribution in [0.3, 0.4) is 0 Å². The van der Waals surface area contributed by atoms with Gasteiger partial charge in [0.1, 0.15) is 11.6 Å². The molecule has 4 heteroatoms. The molecule has 2 rings (SSSR count). The van der Waals surface area contributed by atoms with E-state index in [2.05, 4.69) is 5.32 Å². The van der Waals surface area contributed by atoms with Gasteiger partial charge in [0.25, 0.3) is 0 Å². The van der Waals surface area contributed by atoms with Crippen molar-refractivity contribution in [2.24, 2.45) is 0 Å². The average Bonchev–Trinajstić information content (AvgIpc) is 2.45. The first-order chi connectivity index (χ1) is 10.1. The molecule has 0 radical (unpaired) electrons. The van der Waals surface area contributed by atoms with E-state index in [1.165, 1.54) is 19.2 Å². The monoisotopic (exact) mass is 287 g/mol. The molecule has 0 fully saturated rings. The minimum Gasteiger partial charge on any atom is -0.496 e. The van der Waals surface area contributed by atoms with Gasteiger partial charge in [0.05, 0.1) is 13.5 Å². The van der Waals surface area contributed by atoms with Crippen molar-refractivity contribution in [2.75, 3.05) is 7.11 Å². The molecule has 1 amide bonds. The molecule has 0 aliphatic heterocycles. The molecule has 0 unspecified atom stereocenters. The van der Waals surface area contributed by atoms with Gasteiger partial charge >= 0.3 is 0 Å². The summed E-state index contributed by atoms with van der Waals surface area (Å²) in [7, 11) is 1.52. The Labute approximate surface area is 123 Å². The highest BCUT2D eigenvalue weighted by Crippen LogP contribution is 2.19. The van der Waals surface area contributed by atoms with Gasteiger partial charge in [-0.05, 0) is 30.7 Å². The third kappa shape index (κ3) is 4.31. The topological polar surface area (TPSA) is 38.3 Å². The molecule has 0 atom stereocenters. The maximum absolute atomic E-state index is 13.2. The number of carbonyl (C=O) groups excluding carboxylic acids is 1. The largest absolute Gasteiger partial charge is 0.496 e.